The van der Waals surface area contributed by atoms with Gasteiger partial charge in [-0.15, -0.1) is 0 Å². The van der Waals surface area contributed by atoms with Crippen LogP contribution in [0.25, 0.3) is 0 Å². The van der Waals surface area contributed by atoms with Gasteiger partial charge in [0.05, 0.1) is 31.3 Å². The summed E-state index contributed by atoms with van der Waals surface area (Å²) >= 11 is 0. The van der Waals surface area contributed by atoms with Crippen molar-refractivity contribution < 1.29 is 20.1 Å². The third-order valence-electron chi connectivity index (χ3n) is 9.58. The summed E-state index contributed by atoms with van der Waals surface area (Å²) in [5, 5.41) is 33.3. The van der Waals surface area contributed by atoms with Crippen LogP contribution in [0.15, 0.2) is 12.2 Å². The number of carbonyl (C=O) groups excluding carboxylic acids is 1. The molecule has 46 heavy (non-hydrogen) atoms. The maximum atomic E-state index is 12.4. The highest BCUT2D eigenvalue weighted by atomic mass is 16.3. The van der Waals surface area contributed by atoms with Crippen molar-refractivity contribution in [2.45, 2.75) is 238 Å². The molecule has 5 heteroatoms. The fourth-order valence-corrected chi connectivity index (χ4v) is 6.40. The summed E-state index contributed by atoms with van der Waals surface area (Å²) in [6, 6.07) is -0.656. The smallest absolute Gasteiger partial charge is 0.222 e. The predicted molar refractivity (Wildman–Crippen MR) is 199 cm³/mol. The molecular weight excluding hydrogens is 570 g/mol. The summed E-state index contributed by atoms with van der Waals surface area (Å²) in [7, 11) is 0. The van der Waals surface area contributed by atoms with Crippen LogP contribution in [0.3, 0.4) is 0 Å². The molecule has 4 N–H and O–H groups in total. The summed E-state index contributed by atoms with van der Waals surface area (Å²) in [4.78, 5) is 12.4. The molecule has 0 aliphatic rings. The summed E-state index contributed by atoms with van der Waals surface area (Å²) in [5.41, 5.74) is 0. The lowest BCUT2D eigenvalue weighted by molar-refractivity contribution is -0.125. The van der Waals surface area contributed by atoms with Gasteiger partial charge in [0.15, 0.2) is 0 Å². The highest BCUT2D eigenvalue weighted by Crippen LogP contribution is 2.15. The molecule has 3 unspecified atom stereocenters. The van der Waals surface area contributed by atoms with Crippen LogP contribution in [-0.2, 0) is 4.79 Å². The standard InChI is InChI=1S/C41H81NO4/c1-3-5-7-9-11-13-15-17-18-19-20-21-23-24-26-28-30-32-34-38(44)36-41(46)42-39(37-43)40(45)35-33-31-29-27-25-22-16-14-12-10-8-6-4-2/h20-21,38-40,43-45H,3-19,22-37H2,1-2H3,(H,42,46)/b21-20-. The Morgan fingerprint density at radius 1 is 0.522 bits per heavy atom. The number of aliphatic hydroxyl groups is 3. The van der Waals surface area contributed by atoms with Crippen molar-refractivity contribution in [3.8, 4) is 0 Å². The van der Waals surface area contributed by atoms with Gasteiger partial charge >= 0.3 is 0 Å². The SMILES string of the molecule is CCCCCCCCCCC/C=C\CCCCCCCC(O)CC(=O)NC(CO)C(O)CCCCCCCCCCCCCCC. The number of aliphatic hydroxyl groups excluding tert-OH is 3. The van der Waals surface area contributed by atoms with Gasteiger partial charge in [-0.05, 0) is 38.5 Å². The summed E-state index contributed by atoms with van der Waals surface area (Å²) in [6.45, 7) is 4.26. The van der Waals surface area contributed by atoms with Crippen LogP contribution in [0.1, 0.15) is 219 Å². The Hall–Kier alpha value is -0.910. The summed E-state index contributed by atoms with van der Waals surface area (Å²) < 4.78 is 0. The molecule has 0 aromatic carbocycles. The van der Waals surface area contributed by atoms with Crippen LogP contribution in [0.2, 0.25) is 0 Å². The van der Waals surface area contributed by atoms with E-state index in [0.717, 1.165) is 32.1 Å². The van der Waals surface area contributed by atoms with Crippen molar-refractivity contribution in [3.05, 3.63) is 12.2 Å². The van der Waals surface area contributed by atoms with Crippen molar-refractivity contribution in [2.75, 3.05) is 6.61 Å². The maximum Gasteiger partial charge on any atom is 0.222 e. The Morgan fingerprint density at radius 2 is 0.870 bits per heavy atom. The van der Waals surface area contributed by atoms with E-state index in [0.29, 0.717) is 12.8 Å². The van der Waals surface area contributed by atoms with Crippen LogP contribution in [0.5, 0.6) is 0 Å². The molecule has 0 spiro atoms. The molecule has 0 saturated heterocycles. The monoisotopic (exact) mass is 652 g/mol. The van der Waals surface area contributed by atoms with Gasteiger partial charge in [-0.2, -0.15) is 0 Å². The second kappa shape index (κ2) is 36.9. The number of hydrogen-bond donors (Lipinski definition) is 4. The van der Waals surface area contributed by atoms with E-state index < -0.39 is 18.2 Å². The molecule has 0 heterocycles. The second-order valence-corrected chi connectivity index (χ2v) is 14.2. The van der Waals surface area contributed by atoms with Crippen LogP contribution in [0, 0.1) is 0 Å². The Morgan fingerprint density at radius 3 is 1.26 bits per heavy atom. The van der Waals surface area contributed by atoms with Gasteiger partial charge in [-0.1, -0.05) is 187 Å². The molecule has 0 rings (SSSR count). The van der Waals surface area contributed by atoms with Gasteiger partial charge in [0.25, 0.3) is 0 Å². The average molecular weight is 652 g/mol. The lowest BCUT2D eigenvalue weighted by Crippen LogP contribution is -2.46. The van der Waals surface area contributed by atoms with E-state index in [2.05, 4.69) is 31.3 Å². The van der Waals surface area contributed by atoms with Gasteiger partial charge in [0.1, 0.15) is 0 Å². The molecule has 0 radical (unpaired) electrons. The zero-order valence-corrected chi connectivity index (χ0v) is 31.0. The summed E-state index contributed by atoms with van der Waals surface area (Å²) in [6.07, 6.45) is 41.7. The van der Waals surface area contributed by atoms with Crippen LogP contribution < -0.4 is 5.32 Å². The third kappa shape index (κ3) is 33.0. The van der Waals surface area contributed by atoms with Crippen LogP contribution >= 0.6 is 0 Å². The summed E-state index contributed by atoms with van der Waals surface area (Å²) in [5.74, 6) is -0.287. The number of hydrogen-bond acceptors (Lipinski definition) is 4. The number of carbonyl (C=O) groups is 1. The minimum absolute atomic E-state index is 0.0334. The first kappa shape index (κ1) is 45.1. The minimum atomic E-state index is -0.747. The molecular formula is C41H81NO4. The molecule has 5 nitrogen and oxygen atoms in total. The molecule has 0 saturated carbocycles. The molecule has 274 valence electrons. The number of rotatable bonds is 37. The molecule has 0 aromatic heterocycles. The second-order valence-electron chi connectivity index (χ2n) is 14.2. The molecule has 1 amide bonds. The lowest BCUT2D eigenvalue weighted by Gasteiger charge is -2.23. The van der Waals surface area contributed by atoms with E-state index >= 15 is 0 Å². The van der Waals surface area contributed by atoms with Gasteiger partial charge < -0.3 is 20.6 Å². The molecule has 0 bridgehead atoms. The molecule has 0 aliphatic heterocycles. The number of allylic oxidation sites excluding steroid dienone is 2. The van der Waals surface area contributed by atoms with Crippen molar-refractivity contribution in [1.82, 2.24) is 5.32 Å². The topological polar surface area (TPSA) is 89.8 Å². The Kier molecular flexibility index (Phi) is 36.2. The van der Waals surface area contributed by atoms with E-state index in [1.54, 1.807) is 0 Å². The highest BCUT2D eigenvalue weighted by molar-refractivity contribution is 5.76. The highest BCUT2D eigenvalue weighted by Gasteiger charge is 2.21. The van der Waals surface area contributed by atoms with Gasteiger partial charge in [0, 0.05) is 0 Å². The zero-order chi connectivity index (χ0) is 33.8. The molecule has 3 atom stereocenters. The van der Waals surface area contributed by atoms with Gasteiger partial charge in [-0.3, -0.25) is 4.79 Å². The largest absolute Gasteiger partial charge is 0.394 e. The fraction of sp³-hybridized carbons (Fsp3) is 0.927. The predicted octanol–water partition coefficient (Wildman–Crippen LogP) is 11.3. The van der Waals surface area contributed by atoms with Crippen molar-refractivity contribution >= 4 is 5.91 Å². The normalized spacial score (nSPS) is 13.8. The first-order valence-electron chi connectivity index (χ1n) is 20.5. The molecule has 0 aromatic rings. The Labute approximate surface area is 287 Å². The van der Waals surface area contributed by atoms with Crippen molar-refractivity contribution in [2.24, 2.45) is 0 Å². The van der Waals surface area contributed by atoms with Crippen molar-refractivity contribution in [3.63, 3.8) is 0 Å². The Bertz CT molecular complexity index is 640. The van der Waals surface area contributed by atoms with E-state index in [1.807, 2.05) is 0 Å². The van der Waals surface area contributed by atoms with Gasteiger partial charge in [-0.25, -0.2) is 0 Å². The first-order valence-corrected chi connectivity index (χ1v) is 20.5. The van der Waals surface area contributed by atoms with Gasteiger partial charge in [0.2, 0.25) is 5.91 Å². The van der Waals surface area contributed by atoms with E-state index in [9.17, 15) is 20.1 Å². The van der Waals surface area contributed by atoms with E-state index in [4.69, 9.17) is 0 Å². The Balaban J connectivity index is 3.64. The number of unbranched alkanes of at least 4 members (excludes halogenated alkanes) is 26. The third-order valence-corrected chi connectivity index (χ3v) is 9.58. The lowest BCUT2D eigenvalue weighted by atomic mass is 10.0. The molecule has 0 aliphatic carbocycles. The van der Waals surface area contributed by atoms with Crippen LogP contribution in [-0.4, -0.2) is 46.1 Å². The van der Waals surface area contributed by atoms with Crippen molar-refractivity contribution in [1.29, 1.82) is 0 Å². The quantitative estimate of drug-likeness (QED) is 0.0397. The maximum absolute atomic E-state index is 12.4. The average Bonchev–Trinajstić information content (AvgIpc) is 3.05. The fourth-order valence-electron chi connectivity index (χ4n) is 6.40. The van der Waals surface area contributed by atoms with E-state index in [1.165, 1.54) is 154 Å². The first-order chi connectivity index (χ1) is 22.5. The zero-order valence-electron chi connectivity index (χ0n) is 31.0. The number of amides is 1. The van der Waals surface area contributed by atoms with Crippen LogP contribution in [0.4, 0.5) is 0 Å². The minimum Gasteiger partial charge on any atom is -0.394 e. The number of nitrogens with one attached hydrogen (secondary N) is 1. The van der Waals surface area contributed by atoms with E-state index in [-0.39, 0.29) is 18.9 Å². The molecule has 0 fully saturated rings.